The average Bonchev–Trinajstić information content (AvgIpc) is 0. The number of rotatable bonds is 0. The van der Waals surface area contributed by atoms with Crippen molar-refractivity contribution in [1.82, 2.24) is 0 Å². The third-order valence-corrected chi connectivity index (χ3v) is 0. The third-order valence-electron chi connectivity index (χ3n) is 0. The summed E-state index contributed by atoms with van der Waals surface area (Å²) in [4.78, 5) is 0. The van der Waals surface area contributed by atoms with E-state index >= 15 is 0 Å². The predicted octanol–water partition coefficient (Wildman–Crippen LogP) is -15.0. The van der Waals surface area contributed by atoms with Crippen molar-refractivity contribution in [2.24, 2.45) is 0 Å². The Balaban J connectivity index is 0. The molecular weight excluding hydrogens is 295 g/mol. The van der Waals surface area contributed by atoms with Crippen LogP contribution in [0.5, 0.6) is 0 Å². The summed E-state index contributed by atoms with van der Waals surface area (Å²) in [6.07, 6.45) is 0. The van der Waals surface area contributed by atoms with Crippen molar-refractivity contribution in [3.05, 3.63) is 0 Å². The van der Waals surface area contributed by atoms with E-state index in [2.05, 4.69) is 0 Å². The van der Waals surface area contributed by atoms with Gasteiger partial charge in [-0.05, 0) is 0 Å². The van der Waals surface area contributed by atoms with Crippen LogP contribution in [0, 0.1) is 0 Å². The van der Waals surface area contributed by atoms with Gasteiger partial charge in [-0.1, -0.05) is 0 Å². The standard InChI is InChI=1S/5ClH.Cr.Zn/h5*1H;;/q;;;;;+3;+2/p-5. The van der Waals surface area contributed by atoms with Gasteiger partial charge in [0.25, 0.3) is 0 Å². The van der Waals surface area contributed by atoms with E-state index in [1.54, 1.807) is 0 Å². The van der Waals surface area contributed by atoms with Gasteiger partial charge in [-0.25, -0.2) is 0 Å². The molecule has 1 radical (unpaired) electrons. The molecule has 0 fully saturated rings. The summed E-state index contributed by atoms with van der Waals surface area (Å²) in [5, 5.41) is 0. The molecule has 0 rings (SSSR count). The van der Waals surface area contributed by atoms with Gasteiger partial charge in [0.1, 0.15) is 0 Å². The Morgan fingerprint density at radius 1 is 0.429 bits per heavy atom. The first-order valence-corrected chi connectivity index (χ1v) is 0. The Morgan fingerprint density at radius 3 is 0.429 bits per heavy atom. The molecule has 0 N–H and O–H groups in total. The molecule has 0 aromatic heterocycles. The molecule has 0 bridgehead atoms. The summed E-state index contributed by atoms with van der Waals surface area (Å²) in [6.45, 7) is 0. The van der Waals surface area contributed by atoms with Crippen molar-refractivity contribution in [2.75, 3.05) is 0 Å². The molecule has 7 heteroatoms. The van der Waals surface area contributed by atoms with Gasteiger partial charge >= 0.3 is 36.8 Å². The Bertz CT molecular complexity index is 8.04. The van der Waals surface area contributed by atoms with Crippen LogP contribution in [0.1, 0.15) is 0 Å². The minimum atomic E-state index is 0. The van der Waals surface area contributed by atoms with Gasteiger partial charge in [0.05, 0.1) is 0 Å². The number of hydrogen-bond acceptors (Lipinski definition) is 0. The maximum absolute atomic E-state index is 0. The van der Waals surface area contributed by atoms with Gasteiger partial charge in [0, 0.05) is 0 Å². The molecule has 0 atom stereocenters. The van der Waals surface area contributed by atoms with E-state index in [1.807, 2.05) is 0 Å². The van der Waals surface area contributed by atoms with Crippen LogP contribution < -0.4 is 62.0 Å². The maximum atomic E-state index is 0. The van der Waals surface area contributed by atoms with E-state index in [4.69, 9.17) is 0 Å². The fourth-order valence-electron chi connectivity index (χ4n) is 0. The smallest absolute Gasteiger partial charge is 1.00 e. The zero-order valence-electron chi connectivity index (χ0n) is 3.01. The molecular formula is Cl5CrZn. The molecule has 0 saturated heterocycles. The molecule has 0 aromatic rings. The Hall–Kier alpha value is 2.61. The van der Waals surface area contributed by atoms with E-state index in [1.165, 1.54) is 0 Å². The molecule has 0 heterocycles. The molecule has 0 aliphatic carbocycles. The van der Waals surface area contributed by atoms with Crippen LogP contribution in [0.2, 0.25) is 0 Å². The van der Waals surface area contributed by atoms with Gasteiger partial charge in [-0.2, -0.15) is 0 Å². The summed E-state index contributed by atoms with van der Waals surface area (Å²) in [5.74, 6) is 0. The van der Waals surface area contributed by atoms with Gasteiger partial charge in [-0.3, -0.25) is 0 Å². The maximum Gasteiger partial charge on any atom is 3.00 e. The normalized spacial score (nSPS) is 0. The SMILES string of the molecule is [Cl-].[Cl-].[Cl-].[Cl-].[Cl-].[Cr+3].[Zn+2]. The Morgan fingerprint density at radius 2 is 0.429 bits per heavy atom. The van der Waals surface area contributed by atoms with Crippen molar-refractivity contribution in [1.29, 1.82) is 0 Å². The summed E-state index contributed by atoms with van der Waals surface area (Å²) < 4.78 is 0. The van der Waals surface area contributed by atoms with E-state index in [0.29, 0.717) is 0 Å². The quantitative estimate of drug-likeness (QED) is 0.389. The predicted molar refractivity (Wildman–Crippen MR) is 0 cm³/mol. The first kappa shape index (κ1) is 105. The molecule has 0 nitrogen and oxygen atoms in total. The fraction of sp³-hybridized carbons (Fsp3) is 0. The van der Waals surface area contributed by atoms with Crippen molar-refractivity contribution < 1.29 is 98.9 Å². The minimum absolute atomic E-state index is 0. The third kappa shape index (κ3) is 55.3. The average molecular weight is 295 g/mol. The summed E-state index contributed by atoms with van der Waals surface area (Å²) >= 11 is 0. The molecule has 43 valence electrons. The summed E-state index contributed by atoms with van der Waals surface area (Å²) in [6, 6.07) is 0. The van der Waals surface area contributed by atoms with E-state index in [0.717, 1.165) is 0 Å². The number of halogens is 5. The monoisotopic (exact) mass is 291 g/mol. The van der Waals surface area contributed by atoms with Gasteiger partial charge < -0.3 is 62.0 Å². The van der Waals surface area contributed by atoms with Crippen molar-refractivity contribution >= 4 is 0 Å². The molecule has 0 aliphatic heterocycles. The first-order valence-electron chi connectivity index (χ1n) is 0. The molecule has 0 amide bonds. The second-order valence-corrected chi connectivity index (χ2v) is 0. The zero-order valence-corrected chi connectivity index (χ0v) is 11.0. The largest absolute Gasteiger partial charge is 3.00 e. The zero-order chi connectivity index (χ0) is 0. The van der Waals surface area contributed by atoms with Gasteiger partial charge in [-0.15, -0.1) is 0 Å². The fourth-order valence-corrected chi connectivity index (χ4v) is 0. The van der Waals surface area contributed by atoms with E-state index in [-0.39, 0.29) is 98.9 Å². The van der Waals surface area contributed by atoms with Crippen LogP contribution in [0.3, 0.4) is 0 Å². The van der Waals surface area contributed by atoms with Crippen molar-refractivity contribution in [2.45, 2.75) is 0 Å². The molecule has 0 aromatic carbocycles. The van der Waals surface area contributed by atoms with Crippen LogP contribution in [-0.4, -0.2) is 0 Å². The summed E-state index contributed by atoms with van der Waals surface area (Å²) in [5.41, 5.74) is 0. The Kier molecular flexibility index (Phi) is 1100. The van der Waals surface area contributed by atoms with Crippen LogP contribution in [-0.2, 0) is 36.8 Å². The molecule has 0 spiro atoms. The number of hydrogen-bond donors (Lipinski definition) is 0. The summed E-state index contributed by atoms with van der Waals surface area (Å²) in [7, 11) is 0. The molecule has 0 aliphatic rings. The van der Waals surface area contributed by atoms with Crippen LogP contribution in [0.15, 0.2) is 0 Å². The van der Waals surface area contributed by atoms with E-state index in [9.17, 15) is 0 Å². The topological polar surface area (TPSA) is 0 Å². The van der Waals surface area contributed by atoms with Crippen LogP contribution in [0.25, 0.3) is 0 Å². The van der Waals surface area contributed by atoms with Crippen LogP contribution in [0.4, 0.5) is 0 Å². The van der Waals surface area contributed by atoms with Crippen molar-refractivity contribution in [3.63, 3.8) is 0 Å². The second-order valence-electron chi connectivity index (χ2n) is 0. The van der Waals surface area contributed by atoms with E-state index < -0.39 is 0 Å². The first-order chi connectivity index (χ1) is 0. The van der Waals surface area contributed by atoms with Crippen molar-refractivity contribution in [3.8, 4) is 0 Å². The Labute approximate surface area is 97.9 Å². The minimum Gasteiger partial charge on any atom is -1.00 e. The second kappa shape index (κ2) is 73.3. The molecule has 0 unspecified atom stereocenters. The van der Waals surface area contributed by atoms with Gasteiger partial charge in [0.2, 0.25) is 0 Å². The molecule has 0 saturated carbocycles. The molecule has 7 heavy (non-hydrogen) atoms. The van der Waals surface area contributed by atoms with Crippen LogP contribution >= 0.6 is 0 Å². The van der Waals surface area contributed by atoms with Gasteiger partial charge in [0.15, 0.2) is 0 Å².